The van der Waals surface area contributed by atoms with Gasteiger partial charge in [0.2, 0.25) is 0 Å². The Labute approximate surface area is 125 Å². The second kappa shape index (κ2) is 5.47. The highest BCUT2D eigenvalue weighted by molar-refractivity contribution is 7.09. The summed E-state index contributed by atoms with van der Waals surface area (Å²) in [6.45, 7) is 2.13. The summed E-state index contributed by atoms with van der Waals surface area (Å²) in [5.41, 5.74) is -0.0157. The first kappa shape index (κ1) is 14.1. The highest BCUT2D eigenvalue weighted by Crippen LogP contribution is 2.38. The molecule has 0 spiro atoms. The lowest BCUT2D eigenvalue weighted by molar-refractivity contribution is -0.152. The Morgan fingerprint density at radius 1 is 1.33 bits per heavy atom. The van der Waals surface area contributed by atoms with E-state index in [9.17, 15) is 9.90 Å². The number of nitrogens with zero attached hydrogens (tertiary/aromatic N) is 6. The Morgan fingerprint density at radius 2 is 2.10 bits per heavy atom. The molecule has 0 saturated heterocycles. The molecule has 0 aromatic carbocycles. The third kappa shape index (κ3) is 2.53. The molecule has 0 bridgehead atoms. The molecule has 9 heteroatoms. The van der Waals surface area contributed by atoms with Crippen molar-refractivity contribution in [3.05, 3.63) is 5.69 Å². The maximum absolute atomic E-state index is 11.8. The number of carbonyl (C=O) groups is 1. The summed E-state index contributed by atoms with van der Waals surface area (Å²) in [4.78, 5) is 12.6. The molecule has 2 aromatic heterocycles. The smallest absolute Gasteiger partial charge is 0.311 e. The fourth-order valence-corrected chi connectivity index (χ4v) is 3.51. The molecule has 8 nitrogen and oxygen atoms in total. The molecule has 0 radical (unpaired) electrons. The van der Waals surface area contributed by atoms with Crippen LogP contribution in [0.2, 0.25) is 0 Å². The van der Waals surface area contributed by atoms with Gasteiger partial charge in [-0.05, 0) is 41.7 Å². The average molecular weight is 308 g/mol. The van der Waals surface area contributed by atoms with Crippen molar-refractivity contribution in [3.8, 4) is 10.7 Å². The third-order valence-corrected chi connectivity index (χ3v) is 4.93. The van der Waals surface area contributed by atoms with Crippen molar-refractivity contribution in [1.29, 1.82) is 0 Å². The molecule has 2 aromatic rings. The summed E-state index contributed by atoms with van der Waals surface area (Å²) in [6, 6.07) is 0. The summed E-state index contributed by atoms with van der Waals surface area (Å²) in [6.07, 6.45) is 4.30. The number of aliphatic carboxylic acids is 1. The summed E-state index contributed by atoms with van der Waals surface area (Å²) in [5.74, 6) is -0.212. The van der Waals surface area contributed by atoms with Crippen LogP contribution < -0.4 is 0 Å². The molecule has 1 saturated carbocycles. The number of hydrogen-bond donors (Lipinski definition) is 1. The van der Waals surface area contributed by atoms with E-state index in [2.05, 4.69) is 25.1 Å². The molecule has 0 atom stereocenters. The van der Waals surface area contributed by atoms with E-state index >= 15 is 0 Å². The van der Waals surface area contributed by atoms with Crippen LogP contribution in [0.4, 0.5) is 0 Å². The highest BCUT2D eigenvalue weighted by Gasteiger charge is 2.41. The van der Waals surface area contributed by atoms with Crippen LogP contribution in [0.5, 0.6) is 0 Å². The molecule has 0 aliphatic heterocycles. The molecule has 0 unspecified atom stereocenters. The van der Waals surface area contributed by atoms with Crippen molar-refractivity contribution in [3.63, 3.8) is 0 Å². The van der Waals surface area contributed by atoms with Crippen LogP contribution in [0.1, 0.15) is 37.8 Å². The first-order chi connectivity index (χ1) is 10.1. The molecule has 0 amide bonds. The minimum absolute atomic E-state index is 0.294. The molecule has 3 rings (SSSR count). The lowest BCUT2D eigenvalue weighted by Gasteiger charge is -2.32. The Morgan fingerprint density at radius 3 is 2.71 bits per heavy atom. The van der Waals surface area contributed by atoms with E-state index in [4.69, 9.17) is 0 Å². The summed E-state index contributed by atoms with van der Waals surface area (Å²) in [5, 5.41) is 25.3. The summed E-state index contributed by atoms with van der Waals surface area (Å²) >= 11 is 1.22. The summed E-state index contributed by atoms with van der Waals surface area (Å²) in [7, 11) is 0. The second-order valence-corrected chi connectivity index (χ2v) is 6.25. The van der Waals surface area contributed by atoms with Crippen LogP contribution in [-0.2, 0) is 11.3 Å². The number of hydrogen-bond acceptors (Lipinski definition) is 7. The number of carboxylic acids is 1. The van der Waals surface area contributed by atoms with Crippen LogP contribution in [0.25, 0.3) is 10.7 Å². The van der Waals surface area contributed by atoms with E-state index in [0.29, 0.717) is 25.2 Å². The van der Waals surface area contributed by atoms with Gasteiger partial charge in [-0.2, -0.15) is 0 Å². The summed E-state index contributed by atoms with van der Waals surface area (Å²) < 4.78 is 5.47. The Hall–Kier alpha value is -1.90. The van der Waals surface area contributed by atoms with Crippen molar-refractivity contribution in [2.24, 2.45) is 5.41 Å². The minimum atomic E-state index is -0.769. The first-order valence-corrected chi connectivity index (χ1v) is 7.69. The Bertz CT molecular complexity index is 646. The fourth-order valence-electron chi connectivity index (χ4n) is 2.87. The Kier molecular flexibility index (Phi) is 3.66. The number of carboxylic acid groups (broad SMARTS) is 1. The van der Waals surface area contributed by atoms with Crippen molar-refractivity contribution >= 4 is 17.5 Å². The standard InChI is InChI=1S/C12H16N6O2S/c1-8-9(21-17-13-8)10-14-15-16-18(10)7-12(11(19)20)5-3-2-4-6-12/h2-7H2,1H3,(H,19,20). The van der Waals surface area contributed by atoms with Gasteiger partial charge in [0.15, 0.2) is 5.82 Å². The average Bonchev–Trinajstić information content (AvgIpc) is 3.08. The SMILES string of the molecule is Cc1nnsc1-c1nnnn1CC1(C(=O)O)CCCCC1. The highest BCUT2D eigenvalue weighted by atomic mass is 32.1. The van der Waals surface area contributed by atoms with Crippen LogP contribution >= 0.6 is 11.5 Å². The quantitative estimate of drug-likeness (QED) is 0.912. The van der Waals surface area contributed by atoms with Crippen LogP contribution in [0.3, 0.4) is 0 Å². The molecule has 1 aliphatic rings. The van der Waals surface area contributed by atoms with Crippen molar-refractivity contribution < 1.29 is 9.90 Å². The molecule has 21 heavy (non-hydrogen) atoms. The van der Waals surface area contributed by atoms with Crippen LogP contribution in [-0.4, -0.2) is 40.9 Å². The number of rotatable bonds is 4. The zero-order chi connectivity index (χ0) is 14.9. The maximum atomic E-state index is 11.8. The van der Waals surface area contributed by atoms with E-state index in [1.165, 1.54) is 11.5 Å². The van der Waals surface area contributed by atoms with Gasteiger partial charge in [-0.1, -0.05) is 23.8 Å². The van der Waals surface area contributed by atoms with Crippen molar-refractivity contribution in [1.82, 2.24) is 29.8 Å². The van der Waals surface area contributed by atoms with E-state index < -0.39 is 11.4 Å². The molecular formula is C12H16N6O2S. The topological polar surface area (TPSA) is 107 Å². The third-order valence-electron chi connectivity index (χ3n) is 4.10. The van der Waals surface area contributed by atoms with Gasteiger partial charge in [0.05, 0.1) is 17.7 Å². The first-order valence-electron chi connectivity index (χ1n) is 6.91. The lowest BCUT2D eigenvalue weighted by atomic mass is 9.74. The van der Waals surface area contributed by atoms with Gasteiger partial charge in [-0.3, -0.25) is 4.79 Å². The molecule has 1 N–H and O–H groups in total. The normalized spacial score (nSPS) is 17.8. The van der Waals surface area contributed by atoms with Crippen LogP contribution in [0.15, 0.2) is 0 Å². The molecule has 112 valence electrons. The van der Waals surface area contributed by atoms with Crippen molar-refractivity contribution in [2.45, 2.75) is 45.6 Å². The Balaban J connectivity index is 1.93. The van der Waals surface area contributed by atoms with Gasteiger partial charge in [0, 0.05) is 0 Å². The molecular weight excluding hydrogens is 292 g/mol. The molecule has 1 aliphatic carbocycles. The van der Waals surface area contributed by atoms with E-state index in [0.717, 1.165) is 29.8 Å². The minimum Gasteiger partial charge on any atom is -0.481 e. The number of tetrazole rings is 1. The van der Waals surface area contributed by atoms with Gasteiger partial charge >= 0.3 is 5.97 Å². The predicted octanol–water partition coefficient (Wildman–Crippen LogP) is 1.54. The van der Waals surface area contributed by atoms with E-state index in [1.807, 2.05) is 6.92 Å². The van der Waals surface area contributed by atoms with Gasteiger partial charge in [0.25, 0.3) is 0 Å². The molecule has 2 heterocycles. The van der Waals surface area contributed by atoms with Crippen LogP contribution in [0, 0.1) is 12.3 Å². The number of aromatic nitrogens is 6. The monoisotopic (exact) mass is 308 g/mol. The van der Waals surface area contributed by atoms with E-state index in [-0.39, 0.29) is 0 Å². The van der Waals surface area contributed by atoms with E-state index in [1.54, 1.807) is 4.68 Å². The van der Waals surface area contributed by atoms with Gasteiger partial charge in [-0.25, -0.2) is 4.68 Å². The largest absolute Gasteiger partial charge is 0.481 e. The molecule has 1 fully saturated rings. The van der Waals surface area contributed by atoms with Gasteiger partial charge in [0.1, 0.15) is 4.88 Å². The van der Waals surface area contributed by atoms with Gasteiger partial charge < -0.3 is 5.11 Å². The second-order valence-electron chi connectivity index (χ2n) is 5.49. The number of aryl methyl sites for hydroxylation is 1. The zero-order valence-electron chi connectivity index (χ0n) is 11.7. The lowest BCUT2D eigenvalue weighted by Crippen LogP contribution is -2.38. The predicted molar refractivity (Wildman–Crippen MR) is 74.6 cm³/mol. The maximum Gasteiger partial charge on any atom is 0.311 e. The fraction of sp³-hybridized carbons (Fsp3) is 0.667. The zero-order valence-corrected chi connectivity index (χ0v) is 12.5. The van der Waals surface area contributed by atoms with Gasteiger partial charge in [-0.15, -0.1) is 10.2 Å². The van der Waals surface area contributed by atoms with Crippen molar-refractivity contribution in [2.75, 3.05) is 0 Å².